The van der Waals surface area contributed by atoms with Crippen molar-refractivity contribution in [2.45, 2.75) is 53.8 Å². The number of benzene rings is 2. The van der Waals surface area contributed by atoms with E-state index in [9.17, 15) is 9.59 Å². The molecule has 0 fully saturated rings. The SMILES string of the molecule is C#CC(=O)OC(C)C.Cc1cc(OCCN(C)C)cc(-c2ncn(/C=C/C(=O)OC(C)C)n2)c1.Cc1cc(OCCN(C)C)cc(-c2ncn[nH]2)c1. The van der Waals surface area contributed by atoms with Crippen LogP contribution >= 0.6 is 0 Å². The highest BCUT2D eigenvalue weighted by atomic mass is 16.5. The third kappa shape index (κ3) is 17.4. The molecule has 0 aliphatic rings. The van der Waals surface area contributed by atoms with Gasteiger partial charge in [-0.25, -0.2) is 24.2 Å². The fourth-order valence-corrected chi connectivity index (χ4v) is 4.10. The predicted octanol–water partition coefficient (Wildman–Crippen LogP) is 4.91. The van der Waals surface area contributed by atoms with Gasteiger partial charge >= 0.3 is 11.9 Å². The van der Waals surface area contributed by atoms with Crippen molar-refractivity contribution < 1.29 is 28.5 Å². The first-order chi connectivity index (χ1) is 24.6. The summed E-state index contributed by atoms with van der Waals surface area (Å²) >= 11 is 0. The van der Waals surface area contributed by atoms with Crippen LogP contribution in [0.25, 0.3) is 29.0 Å². The fourth-order valence-electron chi connectivity index (χ4n) is 4.10. The van der Waals surface area contributed by atoms with Crippen LogP contribution in [0.4, 0.5) is 0 Å². The molecule has 4 rings (SSSR count). The lowest BCUT2D eigenvalue weighted by molar-refractivity contribution is -0.141. The molecule has 2 aromatic heterocycles. The van der Waals surface area contributed by atoms with Crippen molar-refractivity contribution in [2.24, 2.45) is 0 Å². The average Bonchev–Trinajstić information content (AvgIpc) is 3.76. The normalized spacial score (nSPS) is 10.8. The highest BCUT2D eigenvalue weighted by Crippen LogP contribution is 2.24. The summed E-state index contributed by atoms with van der Waals surface area (Å²) in [7, 11) is 8.07. The Morgan fingerprint density at radius 1 is 0.846 bits per heavy atom. The van der Waals surface area contributed by atoms with Crippen LogP contribution in [-0.2, 0) is 19.1 Å². The first kappa shape index (κ1) is 42.6. The van der Waals surface area contributed by atoms with Gasteiger partial charge in [-0.15, -0.1) is 11.5 Å². The number of carbonyl (C=O) groups is 2. The van der Waals surface area contributed by atoms with E-state index < -0.39 is 11.9 Å². The Kier molecular flexibility index (Phi) is 18.3. The number of H-pyrrole nitrogens is 1. The maximum Gasteiger partial charge on any atom is 0.384 e. The first-order valence-electron chi connectivity index (χ1n) is 16.8. The molecule has 0 atom stereocenters. The Morgan fingerprint density at radius 2 is 1.40 bits per heavy atom. The van der Waals surface area contributed by atoms with E-state index in [-0.39, 0.29) is 12.2 Å². The molecular formula is C38H52N8O6. The molecule has 280 valence electrons. The molecule has 0 bridgehead atoms. The van der Waals surface area contributed by atoms with Crippen molar-refractivity contribution in [3.05, 3.63) is 66.3 Å². The molecule has 4 aromatic rings. The quantitative estimate of drug-likeness (QED) is 0.0818. The molecule has 0 saturated carbocycles. The zero-order chi connectivity index (χ0) is 38.6. The topological polar surface area (TPSA) is 150 Å². The molecule has 14 nitrogen and oxygen atoms in total. The van der Waals surface area contributed by atoms with E-state index in [0.717, 1.165) is 52.7 Å². The number of likely N-dealkylation sites (N-methyl/N-ethyl adjacent to an activating group) is 2. The van der Waals surface area contributed by atoms with E-state index in [2.05, 4.69) is 45.9 Å². The molecule has 0 radical (unpaired) electrons. The molecule has 0 saturated heterocycles. The van der Waals surface area contributed by atoms with Crippen LogP contribution in [0.2, 0.25) is 0 Å². The molecule has 0 unspecified atom stereocenters. The van der Waals surface area contributed by atoms with Gasteiger partial charge in [0.2, 0.25) is 0 Å². The molecular weight excluding hydrogens is 664 g/mol. The second kappa shape index (κ2) is 22.3. The summed E-state index contributed by atoms with van der Waals surface area (Å²) in [5, 5.41) is 11.1. The lowest BCUT2D eigenvalue weighted by atomic mass is 10.1. The number of rotatable bonds is 14. The third-order valence-electron chi connectivity index (χ3n) is 6.35. The van der Waals surface area contributed by atoms with E-state index in [0.29, 0.717) is 19.0 Å². The van der Waals surface area contributed by atoms with Gasteiger partial charge in [0.25, 0.3) is 0 Å². The van der Waals surface area contributed by atoms with E-state index >= 15 is 0 Å². The number of hydrogen-bond donors (Lipinski definition) is 1. The standard InChI is InChI=1S/C19H26N4O3.C13H18N4O.C6H8O2/c1-14(2)26-18(24)6-7-23-13-20-19(21-23)16-10-15(3)11-17(12-16)25-9-8-22(4)5;1-10-6-11(13-14-9-15-16-13)8-12(7-10)18-5-4-17(2)3;1-4-6(7)8-5(2)3/h6-7,10-14H,8-9H2,1-5H3;6-9H,4-5H2,1-3H3,(H,14,15,16);1,5H,2-3H3/b7-6+;;. The number of carbonyl (C=O) groups excluding carboxylic acids is 2. The highest BCUT2D eigenvalue weighted by Gasteiger charge is 2.08. The van der Waals surface area contributed by atoms with E-state index in [1.165, 1.54) is 23.3 Å². The molecule has 0 amide bonds. The van der Waals surface area contributed by atoms with Crippen LogP contribution in [0.15, 0.2) is 55.1 Å². The van der Waals surface area contributed by atoms with Gasteiger partial charge in [0, 0.05) is 42.4 Å². The van der Waals surface area contributed by atoms with Crippen molar-refractivity contribution in [3.8, 4) is 46.6 Å². The summed E-state index contributed by atoms with van der Waals surface area (Å²) in [5.41, 5.74) is 4.06. The monoisotopic (exact) mass is 716 g/mol. The Hall–Kier alpha value is -5.52. The van der Waals surface area contributed by atoms with Gasteiger partial charge in [-0.1, -0.05) is 0 Å². The number of ether oxygens (including phenoxy) is 4. The zero-order valence-electron chi connectivity index (χ0n) is 31.9. The second-order valence-corrected chi connectivity index (χ2v) is 12.7. The summed E-state index contributed by atoms with van der Waals surface area (Å²) in [5.74, 6) is 3.80. The second-order valence-electron chi connectivity index (χ2n) is 12.7. The number of esters is 2. The lowest BCUT2D eigenvalue weighted by Crippen LogP contribution is -2.19. The minimum absolute atomic E-state index is 0.112. The van der Waals surface area contributed by atoms with Gasteiger partial charge < -0.3 is 28.7 Å². The van der Waals surface area contributed by atoms with E-state index in [1.807, 2.05) is 78.3 Å². The van der Waals surface area contributed by atoms with Crippen molar-refractivity contribution in [2.75, 3.05) is 54.5 Å². The Morgan fingerprint density at radius 3 is 1.88 bits per heavy atom. The number of nitrogens with one attached hydrogen (secondary N) is 1. The maximum atomic E-state index is 11.6. The molecule has 0 spiro atoms. The minimum atomic E-state index is -0.597. The molecule has 1 N–H and O–H groups in total. The summed E-state index contributed by atoms with van der Waals surface area (Å²) in [6.07, 6.45) is 10.3. The molecule has 2 heterocycles. The van der Waals surface area contributed by atoms with Gasteiger partial charge in [-0.3, -0.25) is 5.10 Å². The molecule has 52 heavy (non-hydrogen) atoms. The number of aryl methyl sites for hydroxylation is 2. The van der Waals surface area contributed by atoms with Crippen LogP contribution in [0, 0.1) is 26.2 Å². The van der Waals surface area contributed by atoms with Crippen molar-refractivity contribution >= 4 is 18.1 Å². The van der Waals surface area contributed by atoms with Gasteiger partial charge in [0.15, 0.2) is 11.6 Å². The molecule has 14 heteroatoms. The van der Waals surface area contributed by atoms with Gasteiger partial charge in [-0.2, -0.15) is 5.10 Å². The summed E-state index contributed by atoms with van der Waals surface area (Å²) in [6.45, 7) is 14.2. The maximum absolute atomic E-state index is 11.6. The van der Waals surface area contributed by atoms with E-state index in [4.69, 9.17) is 20.6 Å². The smallest absolute Gasteiger partial charge is 0.384 e. The van der Waals surface area contributed by atoms with Crippen LogP contribution < -0.4 is 9.47 Å². The van der Waals surface area contributed by atoms with Gasteiger partial charge in [0.05, 0.1) is 12.2 Å². The number of aromatic nitrogens is 6. The van der Waals surface area contributed by atoms with Crippen molar-refractivity contribution in [1.82, 2.24) is 39.7 Å². The summed E-state index contributed by atoms with van der Waals surface area (Å²) in [4.78, 5) is 34.3. The molecule has 0 aliphatic heterocycles. The number of terminal acetylenes is 1. The average molecular weight is 717 g/mol. The third-order valence-corrected chi connectivity index (χ3v) is 6.35. The Bertz CT molecular complexity index is 1740. The summed E-state index contributed by atoms with van der Waals surface area (Å²) in [6, 6.07) is 11.9. The minimum Gasteiger partial charge on any atom is -0.492 e. The fraction of sp³-hybridized carbons (Fsp3) is 0.421. The number of hydrogen-bond acceptors (Lipinski definition) is 12. The first-order valence-corrected chi connectivity index (χ1v) is 16.8. The van der Waals surface area contributed by atoms with Crippen molar-refractivity contribution in [1.29, 1.82) is 0 Å². The Labute approximate surface area is 307 Å². The van der Waals surface area contributed by atoms with Crippen LogP contribution in [0.5, 0.6) is 11.5 Å². The van der Waals surface area contributed by atoms with Gasteiger partial charge in [0.1, 0.15) is 37.4 Å². The largest absolute Gasteiger partial charge is 0.492 e. The lowest BCUT2D eigenvalue weighted by Gasteiger charge is -2.12. The van der Waals surface area contributed by atoms with Crippen molar-refractivity contribution in [3.63, 3.8) is 0 Å². The molecule has 0 aliphatic carbocycles. The number of aromatic amines is 1. The van der Waals surface area contributed by atoms with Crippen LogP contribution in [0.1, 0.15) is 38.8 Å². The number of nitrogens with zero attached hydrogens (tertiary/aromatic N) is 7. The van der Waals surface area contributed by atoms with Crippen LogP contribution in [0.3, 0.4) is 0 Å². The zero-order valence-corrected chi connectivity index (χ0v) is 31.9. The van der Waals surface area contributed by atoms with Crippen LogP contribution in [-0.4, -0.2) is 118 Å². The van der Waals surface area contributed by atoms with Gasteiger partial charge in [-0.05, 0) is 117 Å². The Balaban J connectivity index is 0.000000310. The predicted molar refractivity (Wildman–Crippen MR) is 201 cm³/mol. The molecule has 2 aromatic carbocycles. The summed E-state index contributed by atoms with van der Waals surface area (Å²) < 4.78 is 22.6. The van der Waals surface area contributed by atoms with E-state index in [1.54, 1.807) is 34.0 Å². The highest BCUT2D eigenvalue weighted by molar-refractivity contribution is 5.87.